The summed E-state index contributed by atoms with van der Waals surface area (Å²) >= 11 is 13.2. The van der Waals surface area contributed by atoms with Crippen molar-refractivity contribution in [1.82, 2.24) is 20.4 Å². The zero-order valence-corrected chi connectivity index (χ0v) is 25.7. The Hall–Kier alpha value is -1.50. The number of amides is 4. The molecule has 0 aromatic carbocycles. The van der Waals surface area contributed by atoms with Crippen LogP contribution in [0.3, 0.4) is 0 Å². The van der Waals surface area contributed by atoms with Crippen LogP contribution in [0.25, 0.3) is 0 Å². The number of unbranched alkanes of at least 4 members (excludes halogenated alkanes) is 6. The lowest BCUT2D eigenvalue weighted by atomic mass is 10.1. The first kappa shape index (κ1) is 32.7. The van der Waals surface area contributed by atoms with Gasteiger partial charge in [-0.25, -0.2) is 0 Å². The van der Waals surface area contributed by atoms with Crippen LogP contribution < -0.4 is 10.6 Å². The third-order valence-corrected chi connectivity index (χ3v) is 9.21. The Morgan fingerprint density at radius 3 is 1.42 bits per heavy atom. The number of thiocarbonyl (C=S) groups is 2. The van der Waals surface area contributed by atoms with Crippen molar-refractivity contribution in [2.24, 2.45) is 0 Å². The normalized spacial score (nSPS) is 17.6. The van der Waals surface area contributed by atoms with Crippen molar-refractivity contribution in [2.45, 2.75) is 90.9 Å². The standard InChI is InChI=1S/C26H40N4O4S4/c1-3-5-15-27-19(31)13-9-7-11-17-29-23(33)21(37-25(29)35)22-24(34)30(26(36)38-22)18-12-8-10-14-20(32)28-16-6-4-2/h3-18H2,1-2H3,(H,27,31)(H,28,32)/b22-21+. The van der Waals surface area contributed by atoms with E-state index in [-0.39, 0.29) is 23.6 Å². The maximum Gasteiger partial charge on any atom is 0.267 e. The molecule has 2 saturated heterocycles. The highest BCUT2D eigenvalue weighted by Crippen LogP contribution is 2.42. The van der Waals surface area contributed by atoms with Gasteiger partial charge in [0.05, 0.1) is 9.81 Å². The van der Waals surface area contributed by atoms with Crippen molar-refractivity contribution < 1.29 is 19.2 Å². The lowest BCUT2D eigenvalue weighted by molar-refractivity contribution is -0.124. The SMILES string of the molecule is CCCCNC(=O)CCCCCN1C(=O)/C(=C2\SC(=S)N(CCCCCC(=O)NCCCC)C2=O)SC1=S. The van der Waals surface area contributed by atoms with E-state index in [0.717, 1.165) is 101 Å². The van der Waals surface area contributed by atoms with E-state index in [1.54, 1.807) is 9.80 Å². The minimum atomic E-state index is -0.244. The van der Waals surface area contributed by atoms with Crippen LogP contribution in [0.2, 0.25) is 0 Å². The average molecular weight is 601 g/mol. The number of hydrogen-bond donors (Lipinski definition) is 2. The molecule has 12 heteroatoms. The van der Waals surface area contributed by atoms with Crippen LogP contribution in [0.5, 0.6) is 0 Å². The van der Waals surface area contributed by atoms with Gasteiger partial charge in [-0.3, -0.25) is 29.0 Å². The third kappa shape index (κ3) is 10.6. The molecule has 0 aliphatic carbocycles. The summed E-state index contributed by atoms with van der Waals surface area (Å²) in [6, 6.07) is 0. The van der Waals surface area contributed by atoms with Crippen molar-refractivity contribution in [3.63, 3.8) is 0 Å². The first-order valence-electron chi connectivity index (χ1n) is 13.6. The number of carbonyl (C=O) groups excluding carboxylic acids is 4. The Balaban J connectivity index is 1.76. The van der Waals surface area contributed by atoms with Crippen LogP contribution in [0.15, 0.2) is 9.81 Å². The minimum Gasteiger partial charge on any atom is -0.356 e. The predicted molar refractivity (Wildman–Crippen MR) is 164 cm³/mol. The Labute approximate surface area is 245 Å². The topological polar surface area (TPSA) is 98.8 Å². The summed E-state index contributed by atoms with van der Waals surface area (Å²) < 4.78 is 0.898. The molecule has 2 N–H and O–H groups in total. The fraction of sp³-hybridized carbons (Fsp3) is 0.692. The van der Waals surface area contributed by atoms with Gasteiger partial charge in [0, 0.05) is 39.0 Å². The summed E-state index contributed by atoms with van der Waals surface area (Å²) in [5.41, 5.74) is 0. The summed E-state index contributed by atoms with van der Waals surface area (Å²) in [5, 5.41) is 5.82. The Morgan fingerprint density at radius 1 is 0.658 bits per heavy atom. The number of nitrogens with one attached hydrogen (secondary N) is 2. The number of rotatable bonds is 18. The van der Waals surface area contributed by atoms with Gasteiger partial charge in [0.1, 0.15) is 8.64 Å². The molecule has 2 aliphatic rings. The first-order chi connectivity index (χ1) is 18.3. The summed E-state index contributed by atoms with van der Waals surface area (Å²) in [6.07, 6.45) is 9.66. The van der Waals surface area contributed by atoms with Crippen LogP contribution in [0, 0.1) is 0 Å². The summed E-state index contributed by atoms with van der Waals surface area (Å²) in [4.78, 5) is 53.6. The highest BCUT2D eigenvalue weighted by atomic mass is 32.2. The molecule has 8 nitrogen and oxygen atoms in total. The van der Waals surface area contributed by atoms with Crippen LogP contribution in [0.1, 0.15) is 90.9 Å². The van der Waals surface area contributed by atoms with Crippen LogP contribution in [-0.4, -0.2) is 68.2 Å². The van der Waals surface area contributed by atoms with Crippen molar-refractivity contribution >= 4 is 80.2 Å². The van der Waals surface area contributed by atoms with Crippen LogP contribution >= 0.6 is 48.0 Å². The van der Waals surface area contributed by atoms with Gasteiger partial charge in [-0.15, -0.1) is 0 Å². The molecule has 0 unspecified atom stereocenters. The summed E-state index contributed by atoms with van der Waals surface area (Å²) in [7, 11) is 0. The van der Waals surface area contributed by atoms with Gasteiger partial charge in [0.25, 0.3) is 11.8 Å². The van der Waals surface area contributed by atoms with E-state index in [4.69, 9.17) is 24.4 Å². The maximum atomic E-state index is 13.1. The quantitative estimate of drug-likeness (QED) is 0.131. The van der Waals surface area contributed by atoms with Gasteiger partial charge in [-0.05, 0) is 38.5 Å². The van der Waals surface area contributed by atoms with Crippen LogP contribution in [-0.2, 0) is 19.2 Å². The van der Waals surface area contributed by atoms with E-state index in [9.17, 15) is 19.2 Å². The smallest absolute Gasteiger partial charge is 0.267 e. The first-order valence-corrected chi connectivity index (χ1v) is 16.1. The molecule has 4 amide bonds. The molecule has 0 spiro atoms. The Morgan fingerprint density at radius 2 is 1.05 bits per heavy atom. The van der Waals surface area contributed by atoms with Crippen molar-refractivity contribution in [2.75, 3.05) is 26.2 Å². The fourth-order valence-corrected chi connectivity index (χ4v) is 6.68. The molecule has 2 aliphatic heterocycles. The highest BCUT2D eigenvalue weighted by Gasteiger charge is 2.41. The Kier molecular flexibility index (Phi) is 15.5. The van der Waals surface area contributed by atoms with Gasteiger partial charge in [0.15, 0.2) is 0 Å². The highest BCUT2D eigenvalue weighted by molar-refractivity contribution is 8.29. The van der Waals surface area contributed by atoms with Gasteiger partial charge in [-0.1, -0.05) is 87.5 Å². The second-order valence-corrected chi connectivity index (χ2v) is 12.6. The van der Waals surface area contributed by atoms with E-state index in [1.807, 2.05) is 0 Å². The van der Waals surface area contributed by atoms with Crippen LogP contribution in [0.4, 0.5) is 0 Å². The van der Waals surface area contributed by atoms with Crippen molar-refractivity contribution in [1.29, 1.82) is 0 Å². The molecule has 2 fully saturated rings. The molecule has 0 radical (unpaired) electrons. The van der Waals surface area contributed by atoms with Crippen molar-refractivity contribution in [3.8, 4) is 0 Å². The number of hydrogen-bond acceptors (Lipinski definition) is 8. The zero-order chi connectivity index (χ0) is 27.9. The van der Waals surface area contributed by atoms with Crippen molar-refractivity contribution in [3.05, 3.63) is 9.81 Å². The van der Waals surface area contributed by atoms with E-state index in [2.05, 4.69) is 24.5 Å². The monoisotopic (exact) mass is 600 g/mol. The van der Waals surface area contributed by atoms with Gasteiger partial charge >= 0.3 is 0 Å². The van der Waals surface area contributed by atoms with E-state index in [1.165, 1.54) is 0 Å². The predicted octanol–water partition coefficient (Wildman–Crippen LogP) is 4.87. The molecule has 2 rings (SSSR count). The molecule has 0 saturated carbocycles. The van der Waals surface area contributed by atoms with Gasteiger partial charge in [0.2, 0.25) is 11.8 Å². The second-order valence-electron chi connectivity index (χ2n) is 9.34. The average Bonchev–Trinajstić information content (AvgIpc) is 3.32. The molecular weight excluding hydrogens is 561 g/mol. The number of carbonyl (C=O) groups is 4. The molecule has 38 heavy (non-hydrogen) atoms. The lowest BCUT2D eigenvalue weighted by Gasteiger charge is -2.14. The maximum absolute atomic E-state index is 13.1. The zero-order valence-electron chi connectivity index (χ0n) is 22.5. The second kappa shape index (κ2) is 18.0. The molecule has 0 aromatic heterocycles. The molecule has 0 aromatic rings. The summed E-state index contributed by atoms with van der Waals surface area (Å²) in [6.45, 7) is 6.55. The van der Waals surface area contributed by atoms with Gasteiger partial charge < -0.3 is 10.6 Å². The number of thioether (sulfide) groups is 2. The molecular formula is C26H40N4O4S4. The van der Waals surface area contributed by atoms with E-state index >= 15 is 0 Å². The van der Waals surface area contributed by atoms with E-state index in [0.29, 0.717) is 44.4 Å². The van der Waals surface area contributed by atoms with Gasteiger partial charge in [-0.2, -0.15) is 0 Å². The lowest BCUT2D eigenvalue weighted by Crippen LogP contribution is -2.31. The molecule has 0 atom stereocenters. The number of nitrogens with zero attached hydrogens (tertiary/aromatic N) is 2. The summed E-state index contributed by atoms with van der Waals surface area (Å²) in [5.74, 6) is -0.350. The van der Waals surface area contributed by atoms with E-state index < -0.39 is 0 Å². The Bertz CT molecular complexity index is 853. The molecule has 212 valence electrons. The molecule has 0 bridgehead atoms. The largest absolute Gasteiger partial charge is 0.356 e. The fourth-order valence-electron chi connectivity index (χ4n) is 3.91. The third-order valence-electron chi connectivity index (χ3n) is 6.18. The minimum absolute atomic E-state index is 0.0685. The molecule has 2 heterocycles.